The molecule has 3 aromatic rings. The van der Waals surface area contributed by atoms with E-state index in [-0.39, 0.29) is 16.6 Å². The van der Waals surface area contributed by atoms with E-state index in [1.807, 2.05) is 26.0 Å². The Morgan fingerprint density at radius 1 is 1.10 bits per heavy atom. The summed E-state index contributed by atoms with van der Waals surface area (Å²) in [6, 6.07) is 12.5. The quantitative estimate of drug-likeness (QED) is 0.442. The summed E-state index contributed by atoms with van der Waals surface area (Å²) in [5, 5.41) is 0.680. The fourth-order valence-electron chi connectivity index (χ4n) is 3.51. The second kappa shape index (κ2) is 8.87. The Bertz CT molecular complexity index is 1060. The molecule has 0 aliphatic carbocycles. The summed E-state index contributed by atoms with van der Waals surface area (Å²) in [5.41, 5.74) is 2.92. The maximum Gasteiger partial charge on any atom is 0.185 e. The minimum atomic E-state index is -0.979. The predicted octanol–water partition coefficient (Wildman–Crippen LogP) is 6.77. The van der Waals surface area contributed by atoms with Crippen molar-refractivity contribution in [3.63, 3.8) is 0 Å². The van der Waals surface area contributed by atoms with Gasteiger partial charge < -0.3 is 4.90 Å². The van der Waals surface area contributed by atoms with Crippen LogP contribution in [0.4, 0.5) is 14.5 Å². The summed E-state index contributed by atoms with van der Waals surface area (Å²) < 4.78 is 27.9. The van der Waals surface area contributed by atoms with Crippen LogP contribution in [0.5, 0.6) is 0 Å². The first-order chi connectivity index (χ1) is 14.0. The number of halogens is 3. The van der Waals surface area contributed by atoms with E-state index in [2.05, 4.69) is 35.9 Å². The lowest BCUT2D eigenvalue weighted by Crippen LogP contribution is -2.37. The maximum absolute atomic E-state index is 14.2. The molecule has 0 spiro atoms. The van der Waals surface area contributed by atoms with Crippen molar-refractivity contribution < 1.29 is 8.78 Å². The Kier molecular flexibility index (Phi) is 6.48. The number of nitrogens with zero attached hydrogens (tertiary/aromatic N) is 3. The zero-order valence-electron chi connectivity index (χ0n) is 17.0. The van der Waals surface area contributed by atoms with Crippen LogP contribution >= 0.6 is 11.6 Å². The van der Waals surface area contributed by atoms with Gasteiger partial charge in [0.1, 0.15) is 16.5 Å². The lowest BCUT2D eigenvalue weighted by molar-refractivity contribution is 0.515. The first-order valence-electron chi connectivity index (χ1n) is 9.78. The van der Waals surface area contributed by atoms with E-state index in [9.17, 15) is 8.78 Å². The summed E-state index contributed by atoms with van der Waals surface area (Å²) in [6.45, 7) is 9.26. The number of amidine groups is 1. The molecular weight excluding hydrogens is 392 g/mol. The molecule has 0 saturated carbocycles. The van der Waals surface area contributed by atoms with Crippen LogP contribution in [0.15, 0.2) is 47.5 Å². The number of aliphatic imine (C=N–C) groups is 1. The van der Waals surface area contributed by atoms with Crippen molar-refractivity contribution >= 4 is 34.0 Å². The van der Waals surface area contributed by atoms with Crippen molar-refractivity contribution in [3.8, 4) is 0 Å². The predicted molar refractivity (Wildman–Crippen MR) is 117 cm³/mol. The highest BCUT2D eigenvalue weighted by atomic mass is 35.5. The number of rotatable bonds is 3. The van der Waals surface area contributed by atoms with Gasteiger partial charge in [0.25, 0.3) is 0 Å². The molecule has 0 N–H and O–H groups in total. The molecule has 6 heteroatoms. The van der Waals surface area contributed by atoms with E-state index >= 15 is 0 Å². The molecule has 0 bridgehead atoms. The van der Waals surface area contributed by atoms with E-state index < -0.39 is 11.6 Å². The standard InChI is InChI=1S/C21H18ClF2N3.C2H6/c1-12(2)21-25-10-13-5-3-4-6-17(13)27(21)11-14-9-18(22)26-20-15(14)7-8-16(23)19(20)24;1-2/h3-9,12H,10-11H2,1-2H3;1-2H3. The number of anilines is 1. The van der Waals surface area contributed by atoms with Crippen LogP contribution in [0.25, 0.3) is 10.9 Å². The van der Waals surface area contributed by atoms with Crippen molar-refractivity contribution in [2.24, 2.45) is 10.9 Å². The fourth-order valence-corrected chi connectivity index (χ4v) is 3.73. The molecule has 152 valence electrons. The average Bonchev–Trinajstić information content (AvgIpc) is 2.72. The molecule has 0 atom stereocenters. The van der Waals surface area contributed by atoms with Gasteiger partial charge in [0, 0.05) is 17.0 Å². The molecule has 0 amide bonds. The Morgan fingerprint density at radius 3 is 2.55 bits per heavy atom. The zero-order chi connectivity index (χ0) is 21.1. The first-order valence-corrected chi connectivity index (χ1v) is 10.2. The Morgan fingerprint density at radius 2 is 1.83 bits per heavy atom. The third-order valence-electron chi connectivity index (χ3n) is 4.74. The number of benzene rings is 2. The molecule has 0 saturated heterocycles. The van der Waals surface area contributed by atoms with Gasteiger partial charge in [-0.15, -0.1) is 0 Å². The Hall–Kier alpha value is -2.53. The Labute approximate surface area is 175 Å². The summed E-state index contributed by atoms with van der Waals surface area (Å²) in [7, 11) is 0. The fraction of sp³-hybridized carbons (Fsp3) is 0.304. The number of para-hydroxylation sites is 1. The molecule has 1 aliphatic rings. The van der Waals surface area contributed by atoms with Crippen LogP contribution in [0.1, 0.15) is 38.8 Å². The van der Waals surface area contributed by atoms with Crippen molar-refractivity contribution in [1.29, 1.82) is 0 Å². The van der Waals surface area contributed by atoms with E-state index in [1.165, 1.54) is 0 Å². The molecule has 0 fully saturated rings. The highest BCUT2D eigenvalue weighted by molar-refractivity contribution is 6.30. The number of fused-ring (bicyclic) bond motifs is 2. The van der Waals surface area contributed by atoms with Gasteiger partial charge in [-0.1, -0.05) is 57.5 Å². The average molecular weight is 416 g/mol. The smallest absolute Gasteiger partial charge is 0.185 e. The molecule has 1 aliphatic heterocycles. The van der Waals surface area contributed by atoms with Crippen LogP contribution in [0.2, 0.25) is 5.15 Å². The van der Waals surface area contributed by atoms with Crippen LogP contribution in [-0.2, 0) is 13.1 Å². The molecule has 29 heavy (non-hydrogen) atoms. The highest BCUT2D eigenvalue weighted by Crippen LogP contribution is 2.32. The van der Waals surface area contributed by atoms with Crippen LogP contribution in [0, 0.1) is 17.6 Å². The van der Waals surface area contributed by atoms with Gasteiger partial charge in [-0.3, -0.25) is 4.99 Å². The second-order valence-electron chi connectivity index (χ2n) is 6.91. The van der Waals surface area contributed by atoms with Gasteiger partial charge >= 0.3 is 0 Å². The lowest BCUT2D eigenvalue weighted by atomic mass is 10.0. The van der Waals surface area contributed by atoms with Crippen LogP contribution < -0.4 is 4.90 Å². The van der Waals surface area contributed by atoms with Crippen molar-refractivity contribution in [2.75, 3.05) is 4.90 Å². The summed E-state index contributed by atoms with van der Waals surface area (Å²) >= 11 is 6.12. The van der Waals surface area contributed by atoms with Gasteiger partial charge in [-0.2, -0.15) is 0 Å². The number of hydrogen-bond acceptors (Lipinski definition) is 3. The maximum atomic E-state index is 14.2. The summed E-state index contributed by atoms with van der Waals surface area (Å²) in [6.07, 6.45) is 0. The summed E-state index contributed by atoms with van der Waals surface area (Å²) in [4.78, 5) is 10.9. The highest BCUT2D eigenvalue weighted by Gasteiger charge is 2.24. The van der Waals surface area contributed by atoms with Gasteiger partial charge in [0.2, 0.25) is 0 Å². The van der Waals surface area contributed by atoms with Crippen molar-refractivity contribution in [2.45, 2.75) is 40.8 Å². The molecule has 2 heterocycles. The molecule has 1 aromatic heterocycles. The van der Waals surface area contributed by atoms with E-state index in [0.29, 0.717) is 18.5 Å². The van der Waals surface area contributed by atoms with E-state index in [1.54, 1.807) is 12.1 Å². The van der Waals surface area contributed by atoms with Gasteiger partial charge in [-0.05, 0) is 35.4 Å². The zero-order valence-corrected chi connectivity index (χ0v) is 17.8. The molecule has 0 unspecified atom stereocenters. The SMILES string of the molecule is CC.CC(C)C1=NCc2ccccc2N1Cc1cc(Cl)nc2c(F)c(F)ccc12. The largest absolute Gasteiger partial charge is 0.325 e. The lowest BCUT2D eigenvalue weighted by Gasteiger charge is -2.33. The molecule has 0 radical (unpaired) electrons. The molecule has 3 nitrogen and oxygen atoms in total. The van der Waals surface area contributed by atoms with Crippen molar-refractivity contribution in [1.82, 2.24) is 4.98 Å². The topological polar surface area (TPSA) is 28.5 Å². The van der Waals surface area contributed by atoms with Gasteiger partial charge in [0.15, 0.2) is 11.6 Å². The van der Waals surface area contributed by atoms with Crippen molar-refractivity contribution in [3.05, 3.63) is 70.4 Å². The van der Waals surface area contributed by atoms with E-state index in [4.69, 9.17) is 16.6 Å². The molecule has 4 rings (SSSR count). The minimum Gasteiger partial charge on any atom is -0.325 e. The minimum absolute atomic E-state index is 0.0502. The van der Waals surface area contributed by atoms with Gasteiger partial charge in [-0.25, -0.2) is 13.8 Å². The molecule has 2 aromatic carbocycles. The van der Waals surface area contributed by atoms with E-state index in [0.717, 1.165) is 28.7 Å². The van der Waals surface area contributed by atoms with Crippen LogP contribution in [0.3, 0.4) is 0 Å². The third-order valence-corrected chi connectivity index (χ3v) is 4.94. The number of aromatic nitrogens is 1. The normalized spacial score (nSPS) is 13.1. The van der Waals surface area contributed by atoms with Crippen LogP contribution in [-0.4, -0.2) is 10.8 Å². The number of pyridine rings is 1. The molecular formula is C23H24ClF2N3. The number of hydrogen-bond donors (Lipinski definition) is 0. The second-order valence-corrected chi connectivity index (χ2v) is 7.29. The summed E-state index contributed by atoms with van der Waals surface area (Å²) in [5.74, 6) is -0.738. The Balaban J connectivity index is 0.00000117. The first kappa shape index (κ1) is 21.2. The monoisotopic (exact) mass is 415 g/mol. The third kappa shape index (κ3) is 4.10. The van der Waals surface area contributed by atoms with Gasteiger partial charge in [0.05, 0.1) is 13.1 Å².